The van der Waals surface area contributed by atoms with Crippen LogP contribution < -0.4 is 10.6 Å². The predicted molar refractivity (Wildman–Crippen MR) is 69.7 cm³/mol. The first-order chi connectivity index (χ1) is 8.18. The molecule has 0 spiro atoms. The van der Waals surface area contributed by atoms with Crippen molar-refractivity contribution in [2.45, 2.75) is 44.2 Å². The molecule has 1 aliphatic carbocycles. The number of rotatable bonds is 2. The molecule has 0 aromatic heterocycles. The minimum atomic E-state index is -0.184. The van der Waals surface area contributed by atoms with E-state index in [4.69, 9.17) is 5.73 Å². The molecule has 1 aromatic rings. The molecule has 1 aromatic carbocycles. The Morgan fingerprint density at radius 2 is 2.00 bits per heavy atom. The number of likely N-dealkylation sites (N-methyl/N-ethyl adjacent to an activating group) is 1. The van der Waals surface area contributed by atoms with Crippen LogP contribution in [0.2, 0.25) is 0 Å². The maximum Gasteiger partial charge on any atom is 0.125 e. The lowest BCUT2D eigenvalue weighted by Crippen LogP contribution is -2.45. The van der Waals surface area contributed by atoms with Crippen LogP contribution in [0.25, 0.3) is 0 Å². The Morgan fingerprint density at radius 3 is 2.76 bits per heavy atom. The normalized spacial score (nSPS) is 25.4. The van der Waals surface area contributed by atoms with E-state index < -0.39 is 0 Å². The van der Waals surface area contributed by atoms with Crippen LogP contribution in [0.3, 0.4) is 0 Å². The Kier molecular flexibility index (Phi) is 4.00. The first-order valence-corrected chi connectivity index (χ1v) is 6.42. The van der Waals surface area contributed by atoms with Gasteiger partial charge in [-0.3, -0.25) is 0 Å². The zero-order valence-electron chi connectivity index (χ0n) is 10.4. The molecule has 3 heteroatoms. The largest absolute Gasteiger partial charge is 0.370 e. The fourth-order valence-electron chi connectivity index (χ4n) is 2.68. The van der Waals surface area contributed by atoms with Crippen molar-refractivity contribution in [3.05, 3.63) is 30.1 Å². The van der Waals surface area contributed by atoms with Crippen molar-refractivity contribution in [2.75, 3.05) is 11.9 Å². The molecule has 94 valence electrons. The first kappa shape index (κ1) is 12.4. The number of halogens is 1. The molecule has 2 unspecified atom stereocenters. The molecule has 0 heterocycles. The quantitative estimate of drug-likeness (QED) is 0.800. The second kappa shape index (κ2) is 5.50. The van der Waals surface area contributed by atoms with Gasteiger partial charge in [-0.05, 0) is 31.0 Å². The molecule has 17 heavy (non-hydrogen) atoms. The van der Waals surface area contributed by atoms with Crippen LogP contribution in [0, 0.1) is 5.82 Å². The van der Waals surface area contributed by atoms with Gasteiger partial charge in [-0.2, -0.15) is 0 Å². The third kappa shape index (κ3) is 2.97. The third-order valence-corrected chi connectivity index (χ3v) is 3.74. The predicted octanol–water partition coefficient (Wildman–Crippen LogP) is 2.92. The van der Waals surface area contributed by atoms with Gasteiger partial charge >= 0.3 is 0 Å². The van der Waals surface area contributed by atoms with E-state index in [-0.39, 0.29) is 11.9 Å². The van der Waals surface area contributed by atoms with E-state index in [2.05, 4.69) is 4.90 Å². The van der Waals surface area contributed by atoms with E-state index in [1.165, 1.54) is 25.3 Å². The Hall–Kier alpha value is -1.09. The number of benzene rings is 1. The van der Waals surface area contributed by atoms with Crippen molar-refractivity contribution >= 4 is 5.69 Å². The van der Waals surface area contributed by atoms with Crippen molar-refractivity contribution in [1.29, 1.82) is 0 Å². The highest BCUT2D eigenvalue weighted by molar-refractivity contribution is 5.47. The Bertz CT molecular complexity index is 367. The van der Waals surface area contributed by atoms with Crippen LogP contribution in [-0.2, 0) is 0 Å². The highest BCUT2D eigenvalue weighted by atomic mass is 19.1. The van der Waals surface area contributed by atoms with Crippen molar-refractivity contribution in [3.8, 4) is 0 Å². The lowest BCUT2D eigenvalue weighted by molar-refractivity contribution is 0.479. The Morgan fingerprint density at radius 1 is 1.24 bits per heavy atom. The van der Waals surface area contributed by atoms with Crippen LogP contribution in [-0.4, -0.2) is 19.1 Å². The summed E-state index contributed by atoms with van der Waals surface area (Å²) in [6.45, 7) is 0. The molecule has 1 saturated carbocycles. The summed E-state index contributed by atoms with van der Waals surface area (Å²) in [4.78, 5) is 2.14. The van der Waals surface area contributed by atoms with Crippen LogP contribution >= 0.6 is 0 Å². The average Bonchev–Trinajstić information content (AvgIpc) is 2.53. The van der Waals surface area contributed by atoms with Crippen LogP contribution in [0.5, 0.6) is 0 Å². The fraction of sp³-hybridized carbons (Fsp3) is 0.571. The summed E-state index contributed by atoms with van der Waals surface area (Å²) in [6, 6.07) is 7.29. The molecule has 1 aliphatic rings. The second-order valence-electron chi connectivity index (χ2n) is 4.96. The Labute approximate surface area is 103 Å². The van der Waals surface area contributed by atoms with Crippen molar-refractivity contribution in [1.82, 2.24) is 0 Å². The monoisotopic (exact) mass is 236 g/mol. The van der Waals surface area contributed by atoms with Crippen LogP contribution in [0.15, 0.2) is 24.3 Å². The SMILES string of the molecule is CN(c1cccc(F)c1)C1CCCCCC1N. The molecular weight excluding hydrogens is 215 g/mol. The van der Waals surface area contributed by atoms with Crippen molar-refractivity contribution in [3.63, 3.8) is 0 Å². The summed E-state index contributed by atoms with van der Waals surface area (Å²) in [6.07, 6.45) is 5.88. The minimum absolute atomic E-state index is 0.184. The number of hydrogen-bond acceptors (Lipinski definition) is 2. The molecule has 0 aliphatic heterocycles. The second-order valence-corrected chi connectivity index (χ2v) is 4.96. The zero-order chi connectivity index (χ0) is 12.3. The van der Waals surface area contributed by atoms with Gasteiger partial charge in [-0.1, -0.05) is 25.3 Å². The summed E-state index contributed by atoms with van der Waals surface area (Å²) in [5.41, 5.74) is 7.14. The van der Waals surface area contributed by atoms with E-state index in [0.717, 1.165) is 18.5 Å². The van der Waals surface area contributed by atoms with Gasteiger partial charge in [0.2, 0.25) is 0 Å². The molecule has 1 fully saturated rings. The van der Waals surface area contributed by atoms with Gasteiger partial charge in [-0.15, -0.1) is 0 Å². The van der Waals surface area contributed by atoms with Gasteiger partial charge in [-0.25, -0.2) is 4.39 Å². The number of nitrogens with zero attached hydrogens (tertiary/aromatic N) is 1. The summed E-state index contributed by atoms with van der Waals surface area (Å²) >= 11 is 0. The highest BCUT2D eigenvalue weighted by Gasteiger charge is 2.24. The molecule has 0 amide bonds. The lowest BCUT2D eigenvalue weighted by atomic mass is 10.0. The van der Waals surface area contributed by atoms with Crippen molar-refractivity contribution in [2.24, 2.45) is 5.73 Å². The van der Waals surface area contributed by atoms with Gasteiger partial charge in [0.05, 0.1) is 0 Å². The van der Waals surface area contributed by atoms with Crippen LogP contribution in [0.1, 0.15) is 32.1 Å². The van der Waals surface area contributed by atoms with E-state index >= 15 is 0 Å². The van der Waals surface area contributed by atoms with Gasteiger partial charge in [0.1, 0.15) is 5.82 Å². The Balaban J connectivity index is 2.14. The molecule has 2 atom stereocenters. The topological polar surface area (TPSA) is 29.3 Å². The molecule has 2 N–H and O–H groups in total. The highest BCUT2D eigenvalue weighted by Crippen LogP contribution is 2.25. The molecule has 0 saturated heterocycles. The van der Waals surface area contributed by atoms with E-state index in [0.29, 0.717) is 6.04 Å². The van der Waals surface area contributed by atoms with Gasteiger partial charge in [0.25, 0.3) is 0 Å². The van der Waals surface area contributed by atoms with E-state index in [9.17, 15) is 4.39 Å². The molecule has 0 radical (unpaired) electrons. The average molecular weight is 236 g/mol. The van der Waals surface area contributed by atoms with Crippen LogP contribution in [0.4, 0.5) is 10.1 Å². The van der Waals surface area contributed by atoms with E-state index in [1.54, 1.807) is 12.1 Å². The smallest absolute Gasteiger partial charge is 0.125 e. The third-order valence-electron chi connectivity index (χ3n) is 3.74. The standard InChI is InChI=1S/C14H21FN2/c1-17(12-7-5-6-11(15)10-12)14-9-4-2-3-8-13(14)16/h5-7,10,13-14H,2-4,8-9,16H2,1H3. The minimum Gasteiger partial charge on any atom is -0.370 e. The molecule has 2 nitrogen and oxygen atoms in total. The first-order valence-electron chi connectivity index (χ1n) is 6.42. The fourth-order valence-corrected chi connectivity index (χ4v) is 2.68. The lowest BCUT2D eigenvalue weighted by Gasteiger charge is -2.33. The number of hydrogen-bond donors (Lipinski definition) is 1. The zero-order valence-corrected chi connectivity index (χ0v) is 10.4. The van der Waals surface area contributed by atoms with Gasteiger partial charge in [0, 0.05) is 24.8 Å². The van der Waals surface area contributed by atoms with Gasteiger partial charge < -0.3 is 10.6 Å². The number of nitrogens with two attached hydrogens (primary N) is 1. The summed E-state index contributed by atoms with van der Waals surface area (Å²) in [5, 5.41) is 0. The number of anilines is 1. The molecular formula is C14H21FN2. The summed E-state index contributed by atoms with van der Waals surface area (Å²) < 4.78 is 13.2. The maximum absolute atomic E-state index is 13.2. The molecule has 2 rings (SSSR count). The van der Waals surface area contributed by atoms with Gasteiger partial charge in [0.15, 0.2) is 0 Å². The summed E-state index contributed by atoms with van der Waals surface area (Å²) in [7, 11) is 2.02. The molecule has 0 bridgehead atoms. The van der Waals surface area contributed by atoms with Crippen molar-refractivity contribution < 1.29 is 4.39 Å². The summed E-state index contributed by atoms with van der Waals surface area (Å²) in [5.74, 6) is -0.184. The maximum atomic E-state index is 13.2. The van der Waals surface area contributed by atoms with E-state index in [1.807, 2.05) is 13.1 Å².